The van der Waals surface area contributed by atoms with Crippen LogP contribution in [0.4, 0.5) is 15.8 Å². The summed E-state index contributed by atoms with van der Waals surface area (Å²) in [4.78, 5) is 2.45. The first kappa shape index (κ1) is 10.9. The standard InChI is InChI=1S/C14H19FN2/c1-14(2)6-3-7-17-12-5-4-10(15)8-11(12)16-9-13(14)17/h4-5,8,13,16H,3,6-7,9H2,1-2H3. The number of rotatable bonds is 0. The maximum absolute atomic E-state index is 13.2. The summed E-state index contributed by atoms with van der Waals surface area (Å²) in [7, 11) is 0. The minimum absolute atomic E-state index is 0.161. The van der Waals surface area contributed by atoms with Crippen molar-refractivity contribution >= 4 is 11.4 Å². The van der Waals surface area contributed by atoms with Crippen LogP contribution in [0.15, 0.2) is 18.2 Å². The van der Waals surface area contributed by atoms with Crippen molar-refractivity contribution in [3.63, 3.8) is 0 Å². The zero-order chi connectivity index (χ0) is 12.0. The van der Waals surface area contributed by atoms with Crippen molar-refractivity contribution in [2.75, 3.05) is 23.3 Å². The topological polar surface area (TPSA) is 15.3 Å². The number of hydrogen-bond donors (Lipinski definition) is 1. The second-order valence-corrected chi connectivity index (χ2v) is 5.84. The van der Waals surface area contributed by atoms with Crippen molar-refractivity contribution in [3.8, 4) is 0 Å². The molecule has 0 spiro atoms. The Hall–Kier alpha value is -1.25. The van der Waals surface area contributed by atoms with Gasteiger partial charge in [0.1, 0.15) is 5.82 Å². The molecule has 1 atom stereocenters. The van der Waals surface area contributed by atoms with Crippen LogP contribution in [0.3, 0.4) is 0 Å². The Morgan fingerprint density at radius 2 is 2.24 bits per heavy atom. The summed E-state index contributed by atoms with van der Waals surface area (Å²) < 4.78 is 13.2. The Kier molecular flexibility index (Phi) is 2.32. The molecule has 2 nitrogen and oxygen atoms in total. The number of hydrogen-bond acceptors (Lipinski definition) is 2. The second kappa shape index (κ2) is 3.62. The molecule has 1 fully saturated rings. The smallest absolute Gasteiger partial charge is 0.125 e. The number of piperidine rings is 1. The number of fused-ring (bicyclic) bond motifs is 3. The largest absolute Gasteiger partial charge is 0.381 e. The van der Waals surface area contributed by atoms with E-state index in [0.29, 0.717) is 11.5 Å². The van der Waals surface area contributed by atoms with Gasteiger partial charge in [0.15, 0.2) is 0 Å². The third kappa shape index (κ3) is 1.68. The first-order valence-electron chi connectivity index (χ1n) is 6.38. The Morgan fingerprint density at radius 3 is 3.06 bits per heavy atom. The van der Waals surface area contributed by atoms with Gasteiger partial charge in [0, 0.05) is 13.1 Å². The van der Waals surface area contributed by atoms with Crippen LogP contribution in [0.1, 0.15) is 26.7 Å². The van der Waals surface area contributed by atoms with Crippen LogP contribution in [0, 0.1) is 11.2 Å². The third-order valence-electron chi connectivity index (χ3n) is 4.25. The molecule has 0 radical (unpaired) electrons. The Bertz CT molecular complexity index is 442. The van der Waals surface area contributed by atoms with E-state index in [1.165, 1.54) is 12.8 Å². The minimum Gasteiger partial charge on any atom is -0.381 e. The van der Waals surface area contributed by atoms with Crippen molar-refractivity contribution in [3.05, 3.63) is 24.0 Å². The fraction of sp³-hybridized carbons (Fsp3) is 0.571. The summed E-state index contributed by atoms with van der Waals surface area (Å²) in [6.07, 6.45) is 2.49. The van der Waals surface area contributed by atoms with E-state index in [9.17, 15) is 4.39 Å². The summed E-state index contributed by atoms with van der Waals surface area (Å²) in [5.41, 5.74) is 2.44. The molecule has 1 unspecified atom stereocenters. The SMILES string of the molecule is CC1(C)CCCN2c3ccc(F)cc3NCC21. The third-order valence-corrected chi connectivity index (χ3v) is 4.25. The van der Waals surface area contributed by atoms with Crippen LogP contribution in [-0.4, -0.2) is 19.1 Å². The molecular formula is C14H19FN2. The quantitative estimate of drug-likeness (QED) is 0.741. The summed E-state index contributed by atoms with van der Waals surface area (Å²) in [5.74, 6) is -0.161. The van der Waals surface area contributed by atoms with Gasteiger partial charge in [-0.15, -0.1) is 0 Å². The molecule has 1 saturated heterocycles. The van der Waals surface area contributed by atoms with E-state index in [0.717, 1.165) is 24.5 Å². The van der Waals surface area contributed by atoms with Crippen LogP contribution >= 0.6 is 0 Å². The lowest BCUT2D eigenvalue weighted by atomic mass is 9.75. The van der Waals surface area contributed by atoms with Gasteiger partial charge in [0.05, 0.1) is 17.4 Å². The lowest BCUT2D eigenvalue weighted by Gasteiger charge is -2.51. The van der Waals surface area contributed by atoms with Gasteiger partial charge in [-0.1, -0.05) is 13.8 Å². The molecule has 3 rings (SSSR count). The molecule has 0 amide bonds. The van der Waals surface area contributed by atoms with Crippen molar-refractivity contribution < 1.29 is 4.39 Å². The Morgan fingerprint density at radius 1 is 1.41 bits per heavy atom. The van der Waals surface area contributed by atoms with Crippen molar-refractivity contribution in [2.45, 2.75) is 32.7 Å². The maximum Gasteiger partial charge on any atom is 0.125 e. The molecule has 0 saturated carbocycles. The van der Waals surface area contributed by atoms with Gasteiger partial charge < -0.3 is 10.2 Å². The fourth-order valence-corrected chi connectivity index (χ4v) is 3.23. The molecule has 92 valence electrons. The van der Waals surface area contributed by atoms with E-state index in [1.807, 2.05) is 6.07 Å². The van der Waals surface area contributed by atoms with E-state index >= 15 is 0 Å². The van der Waals surface area contributed by atoms with Gasteiger partial charge in [-0.3, -0.25) is 0 Å². The molecule has 1 aromatic carbocycles. The first-order chi connectivity index (χ1) is 8.08. The van der Waals surface area contributed by atoms with E-state index in [4.69, 9.17) is 0 Å². The maximum atomic E-state index is 13.2. The summed E-state index contributed by atoms with van der Waals surface area (Å²) in [5, 5.41) is 3.38. The highest BCUT2D eigenvalue weighted by Crippen LogP contribution is 2.42. The van der Waals surface area contributed by atoms with E-state index in [1.54, 1.807) is 12.1 Å². The highest BCUT2D eigenvalue weighted by Gasteiger charge is 2.40. The van der Waals surface area contributed by atoms with Gasteiger partial charge in [-0.05, 0) is 36.5 Å². The van der Waals surface area contributed by atoms with Crippen LogP contribution in [0.25, 0.3) is 0 Å². The molecule has 0 aromatic heterocycles. The molecule has 2 aliphatic heterocycles. The van der Waals surface area contributed by atoms with Crippen LogP contribution in [0.2, 0.25) is 0 Å². The molecule has 17 heavy (non-hydrogen) atoms. The predicted octanol–water partition coefficient (Wildman–Crippen LogP) is 3.25. The summed E-state index contributed by atoms with van der Waals surface area (Å²) in [6.45, 7) is 6.68. The zero-order valence-corrected chi connectivity index (χ0v) is 10.5. The minimum atomic E-state index is -0.161. The molecule has 2 aliphatic rings. The predicted molar refractivity (Wildman–Crippen MR) is 69.0 cm³/mol. The lowest BCUT2D eigenvalue weighted by molar-refractivity contribution is 0.217. The van der Waals surface area contributed by atoms with Crippen LogP contribution < -0.4 is 10.2 Å². The average molecular weight is 234 g/mol. The Labute approximate surface area is 102 Å². The normalized spacial score (nSPS) is 25.8. The highest BCUT2D eigenvalue weighted by molar-refractivity contribution is 5.73. The summed E-state index contributed by atoms with van der Waals surface area (Å²) in [6, 6.07) is 5.59. The number of anilines is 2. The van der Waals surface area contributed by atoms with E-state index in [-0.39, 0.29) is 5.82 Å². The molecular weight excluding hydrogens is 215 g/mol. The van der Waals surface area contributed by atoms with Gasteiger partial charge in [-0.2, -0.15) is 0 Å². The number of benzene rings is 1. The van der Waals surface area contributed by atoms with Crippen LogP contribution in [-0.2, 0) is 0 Å². The monoisotopic (exact) mass is 234 g/mol. The molecule has 1 N–H and O–H groups in total. The molecule has 2 heterocycles. The van der Waals surface area contributed by atoms with Crippen molar-refractivity contribution in [1.82, 2.24) is 0 Å². The number of nitrogens with zero attached hydrogens (tertiary/aromatic N) is 1. The highest BCUT2D eigenvalue weighted by atomic mass is 19.1. The van der Waals surface area contributed by atoms with Gasteiger partial charge in [-0.25, -0.2) is 4.39 Å². The van der Waals surface area contributed by atoms with Gasteiger partial charge in [0.2, 0.25) is 0 Å². The average Bonchev–Trinajstić information content (AvgIpc) is 2.27. The second-order valence-electron chi connectivity index (χ2n) is 5.84. The molecule has 1 aromatic rings. The lowest BCUT2D eigenvalue weighted by Crippen LogP contribution is -2.55. The molecule has 3 heteroatoms. The van der Waals surface area contributed by atoms with Gasteiger partial charge >= 0.3 is 0 Å². The zero-order valence-electron chi connectivity index (χ0n) is 10.5. The molecule has 0 aliphatic carbocycles. The van der Waals surface area contributed by atoms with E-state index in [2.05, 4.69) is 24.1 Å². The van der Waals surface area contributed by atoms with Crippen molar-refractivity contribution in [2.24, 2.45) is 5.41 Å². The Balaban J connectivity index is 2.01. The number of halogens is 1. The number of nitrogens with one attached hydrogen (secondary N) is 1. The van der Waals surface area contributed by atoms with Crippen molar-refractivity contribution in [1.29, 1.82) is 0 Å². The van der Waals surface area contributed by atoms with E-state index < -0.39 is 0 Å². The molecule has 0 bridgehead atoms. The fourth-order valence-electron chi connectivity index (χ4n) is 3.23. The van der Waals surface area contributed by atoms with Crippen LogP contribution in [0.5, 0.6) is 0 Å². The first-order valence-corrected chi connectivity index (χ1v) is 6.38. The summed E-state index contributed by atoms with van der Waals surface area (Å²) >= 11 is 0. The van der Waals surface area contributed by atoms with Gasteiger partial charge in [0.25, 0.3) is 0 Å².